The van der Waals surface area contributed by atoms with Crippen LogP contribution in [0.2, 0.25) is 10.0 Å². The number of aryl methyl sites for hydroxylation is 2. The molecule has 0 bridgehead atoms. The number of benzene rings is 2. The minimum atomic E-state index is -0.937. The maximum atomic E-state index is 12.2. The third-order valence-corrected chi connectivity index (χ3v) is 4.23. The zero-order valence-electron chi connectivity index (χ0n) is 14.7. The number of esters is 1. The van der Waals surface area contributed by atoms with Crippen LogP contribution in [0.15, 0.2) is 42.5 Å². The first-order valence-corrected chi connectivity index (χ1v) is 8.73. The van der Waals surface area contributed by atoms with Gasteiger partial charge in [-0.1, -0.05) is 47.0 Å². The molecule has 0 unspecified atom stereocenters. The Labute approximate surface area is 162 Å². The zero-order chi connectivity index (χ0) is 19.3. The van der Waals surface area contributed by atoms with Crippen LogP contribution < -0.4 is 5.32 Å². The second-order valence-corrected chi connectivity index (χ2v) is 6.73. The lowest BCUT2D eigenvalue weighted by Crippen LogP contribution is -2.29. The molecule has 0 aromatic heterocycles. The highest BCUT2D eigenvalue weighted by molar-refractivity contribution is 6.35. The Morgan fingerprint density at radius 1 is 1.12 bits per heavy atom. The molecule has 0 spiro atoms. The summed E-state index contributed by atoms with van der Waals surface area (Å²) < 4.78 is 5.13. The van der Waals surface area contributed by atoms with Gasteiger partial charge in [0, 0.05) is 21.8 Å². The molecule has 0 aliphatic heterocycles. The van der Waals surface area contributed by atoms with Crippen molar-refractivity contribution < 1.29 is 14.3 Å². The van der Waals surface area contributed by atoms with Crippen LogP contribution in [0.1, 0.15) is 23.6 Å². The Bertz CT molecular complexity index is 862. The summed E-state index contributed by atoms with van der Waals surface area (Å²) in [6, 6.07) is 10.6. The van der Waals surface area contributed by atoms with Gasteiger partial charge in [0.1, 0.15) is 0 Å². The standard InChI is InChI=1S/C20H19Cl2NO3/c1-12-4-8-18(13(2)10-12)23-20(25)14(3)26-19(24)9-6-15-5-7-16(21)11-17(15)22/h4-11,14H,1-3H3,(H,23,25)/b9-6+/t14-/m0/s1. The van der Waals surface area contributed by atoms with Crippen molar-refractivity contribution in [2.24, 2.45) is 0 Å². The number of carbonyl (C=O) groups is 2. The molecule has 0 saturated heterocycles. The minimum absolute atomic E-state index is 0.400. The molecule has 0 radical (unpaired) electrons. The van der Waals surface area contributed by atoms with E-state index in [1.165, 1.54) is 19.1 Å². The van der Waals surface area contributed by atoms with Crippen molar-refractivity contribution in [1.29, 1.82) is 0 Å². The van der Waals surface area contributed by atoms with Crippen molar-refractivity contribution in [2.45, 2.75) is 26.9 Å². The smallest absolute Gasteiger partial charge is 0.331 e. The summed E-state index contributed by atoms with van der Waals surface area (Å²) in [5.41, 5.74) is 3.35. The van der Waals surface area contributed by atoms with Crippen LogP contribution in [-0.4, -0.2) is 18.0 Å². The summed E-state index contributed by atoms with van der Waals surface area (Å²) in [7, 11) is 0. The van der Waals surface area contributed by atoms with Crippen LogP contribution in [0.4, 0.5) is 5.69 Å². The zero-order valence-corrected chi connectivity index (χ0v) is 16.2. The Hall–Kier alpha value is -2.30. The SMILES string of the molecule is Cc1ccc(NC(=O)[C@H](C)OC(=O)/C=C/c2ccc(Cl)cc2Cl)c(C)c1. The summed E-state index contributed by atoms with van der Waals surface area (Å²) in [5.74, 6) is -1.04. The fourth-order valence-electron chi connectivity index (χ4n) is 2.25. The molecule has 1 N–H and O–H groups in total. The van der Waals surface area contributed by atoms with Crippen LogP contribution in [0.5, 0.6) is 0 Å². The number of carbonyl (C=O) groups excluding carboxylic acids is 2. The molecular weight excluding hydrogens is 373 g/mol. The molecular formula is C20H19Cl2NO3. The number of rotatable bonds is 5. The first kappa shape index (κ1) is 20.0. The topological polar surface area (TPSA) is 55.4 Å². The van der Waals surface area contributed by atoms with Gasteiger partial charge in [0.2, 0.25) is 0 Å². The monoisotopic (exact) mass is 391 g/mol. The molecule has 0 aliphatic carbocycles. The van der Waals surface area contributed by atoms with Gasteiger partial charge in [-0.25, -0.2) is 4.79 Å². The Balaban J connectivity index is 1.95. The first-order chi connectivity index (χ1) is 12.3. The van der Waals surface area contributed by atoms with Gasteiger partial charge in [-0.15, -0.1) is 0 Å². The molecule has 1 atom stereocenters. The highest BCUT2D eigenvalue weighted by Crippen LogP contribution is 2.22. The number of amides is 1. The van der Waals surface area contributed by atoms with Gasteiger partial charge < -0.3 is 10.1 Å². The van der Waals surface area contributed by atoms with Crippen molar-refractivity contribution >= 4 is 46.8 Å². The van der Waals surface area contributed by atoms with E-state index in [9.17, 15) is 9.59 Å². The van der Waals surface area contributed by atoms with Crippen LogP contribution in [-0.2, 0) is 14.3 Å². The second-order valence-electron chi connectivity index (χ2n) is 5.89. The summed E-state index contributed by atoms with van der Waals surface area (Å²) in [6.07, 6.45) is 1.79. The van der Waals surface area contributed by atoms with E-state index < -0.39 is 18.0 Å². The predicted molar refractivity (Wildman–Crippen MR) is 106 cm³/mol. The number of ether oxygens (including phenoxy) is 1. The number of nitrogens with one attached hydrogen (secondary N) is 1. The number of hydrogen-bond acceptors (Lipinski definition) is 3. The van der Waals surface area contributed by atoms with Gasteiger partial charge in [-0.2, -0.15) is 0 Å². The molecule has 6 heteroatoms. The molecule has 2 aromatic carbocycles. The van der Waals surface area contributed by atoms with Gasteiger partial charge in [0.05, 0.1) is 0 Å². The fraction of sp³-hybridized carbons (Fsp3) is 0.200. The first-order valence-electron chi connectivity index (χ1n) is 7.98. The van der Waals surface area contributed by atoms with Crippen molar-refractivity contribution in [3.8, 4) is 0 Å². The van der Waals surface area contributed by atoms with E-state index >= 15 is 0 Å². The van der Waals surface area contributed by atoms with E-state index in [0.717, 1.165) is 11.1 Å². The van der Waals surface area contributed by atoms with E-state index in [1.54, 1.807) is 18.2 Å². The highest BCUT2D eigenvalue weighted by Gasteiger charge is 2.17. The highest BCUT2D eigenvalue weighted by atomic mass is 35.5. The van der Waals surface area contributed by atoms with E-state index in [0.29, 0.717) is 21.3 Å². The molecule has 2 aromatic rings. The Morgan fingerprint density at radius 2 is 1.85 bits per heavy atom. The maximum Gasteiger partial charge on any atom is 0.331 e. The molecule has 26 heavy (non-hydrogen) atoms. The van der Waals surface area contributed by atoms with Gasteiger partial charge in [-0.05, 0) is 56.2 Å². The van der Waals surface area contributed by atoms with Crippen LogP contribution in [0, 0.1) is 13.8 Å². The Kier molecular flexibility index (Phi) is 6.83. The van der Waals surface area contributed by atoms with Crippen LogP contribution in [0.3, 0.4) is 0 Å². The van der Waals surface area contributed by atoms with E-state index in [-0.39, 0.29) is 0 Å². The van der Waals surface area contributed by atoms with Gasteiger partial charge >= 0.3 is 5.97 Å². The molecule has 4 nitrogen and oxygen atoms in total. The lowest BCUT2D eigenvalue weighted by molar-refractivity contribution is -0.148. The number of anilines is 1. The van der Waals surface area contributed by atoms with Crippen LogP contribution >= 0.6 is 23.2 Å². The number of halogens is 2. The summed E-state index contributed by atoms with van der Waals surface area (Å²) in [6.45, 7) is 5.39. The third kappa shape index (κ3) is 5.61. The second kappa shape index (κ2) is 8.88. The average Bonchev–Trinajstić information content (AvgIpc) is 2.56. The largest absolute Gasteiger partial charge is 0.449 e. The van der Waals surface area contributed by atoms with Crippen molar-refractivity contribution in [2.75, 3.05) is 5.32 Å². The number of hydrogen-bond donors (Lipinski definition) is 1. The average molecular weight is 392 g/mol. The quantitative estimate of drug-likeness (QED) is 0.563. The van der Waals surface area contributed by atoms with Crippen molar-refractivity contribution in [3.05, 3.63) is 69.2 Å². The maximum absolute atomic E-state index is 12.2. The van der Waals surface area contributed by atoms with E-state index in [2.05, 4.69) is 5.32 Å². The minimum Gasteiger partial charge on any atom is -0.449 e. The normalized spacial score (nSPS) is 12.0. The molecule has 2 rings (SSSR count). The van der Waals surface area contributed by atoms with Gasteiger partial charge in [0.25, 0.3) is 5.91 Å². The molecule has 0 heterocycles. The fourth-order valence-corrected chi connectivity index (χ4v) is 2.72. The molecule has 0 fully saturated rings. The van der Waals surface area contributed by atoms with Gasteiger partial charge in [0.15, 0.2) is 6.10 Å². The summed E-state index contributed by atoms with van der Waals surface area (Å²) >= 11 is 11.9. The molecule has 136 valence electrons. The third-order valence-electron chi connectivity index (χ3n) is 3.66. The molecule has 0 aliphatic rings. The summed E-state index contributed by atoms with van der Waals surface area (Å²) in [5, 5.41) is 3.68. The lowest BCUT2D eigenvalue weighted by Gasteiger charge is -2.14. The van der Waals surface area contributed by atoms with E-state index in [4.69, 9.17) is 27.9 Å². The van der Waals surface area contributed by atoms with Gasteiger partial charge in [-0.3, -0.25) is 4.79 Å². The van der Waals surface area contributed by atoms with Crippen molar-refractivity contribution in [3.63, 3.8) is 0 Å². The van der Waals surface area contributed by atoms with Crippen molar-refractivity contribution in [1.82, 2.24) is 0 Å². The van der Waals surface area contributed by atoms with Crippen LogP contribution in [0.25, 0.3) is 6.08 Å². The van der Waals surface area contributed by atoms with E-state index in [1.807, 2.05) is 32.0 Å². The molecule has 0 saturated carbocycles. The lowest BCUT2D eigenvalue weighted by atomic mass is 10.1. The predicted octanol–water partition coefficient (Wildman–Crippen LogP) is 5.19. The summed E-state index contributed by atoms with van der Waals surface area (Å²) in [4.78, 5) is 24.1. The molecule has 1 amide bonds. The Morgan fingerprint density at radius 3 is 2.50 bits per heavy atom.